The van der Waals surface area contributed by atoms with E-state index in [2.05, 4.69) is 4.98 Å². The summed E-state index contributed by atoms with van der Waals surface area (Å²) in [4.78, 5) is 28.9. The molecule has 0 aliphatic carbocycles. The van der Waals surface area contributed by atoms with Gasteiger partial charge in [-0.05, 0) is 24.5 Å². The number of carbonyl (C=O) groups excluding carboxylic acids is 2. The minimum absolute atomic E-state index is 0.000117. The molecule has 0 aromatic carbocycles. The minimum Gasteiger partial charge on any atom is -0.370 e. The molecular formula is C13H18N4O2. The summed E-state index contributed by atoms with van der Waals surface area (Å²) >= 11 is 0. The molecule has 6 heteroatoms. The van der Waals surface area contributed by atoms with Crippen molar-refractivity contribution < 1.29 is 9.59 Å². The number of nitrogens with zero attached hydrogens (tertiary/aromatic N) is 2. The molecule has 0 saturated carbocycles. The van der Waals surface area contributed by atoms with Crippen molar-refractivity contribution in [3.63, 3.8) is 0 Å². The molecule has 1 fully saturated rings. The van der Waals surface area contributed by atoms with E-state index in [1.165, 1.54) is 0 Å². The van der Waals surface area contributed by atoms with E-state index in [9.17, 15) is 9.59 Å². The molecule has 4 N–H and O–H groups in total. The lowest BCUT2D eigenvalue weighted by molar-refractivity contribution is -0.135. The zero-order chi connectivity index (χ0) is 13.8. The zero-order valence-electron chi connectivity index (χ0n) is 10.7. The van der Waals surface area contributed by atoms with Crippen LogP contribution in [0.25, 0.3) is 0 Å². The van der Waals surface area contributed by atoms with Gasteiger partial charge in [-0.25, -0.2) is 0 Å². The fourth-order valence-corrected chi connectivity index (χ4v) is 2.47. The molecule has 2 heterocycles. The van der Waals surface area contributed by atoms with Gasteiger partial charge in [0.15, 0.2) is 0 Å². The Morgan fingerprint density at radius 2 is 2.32 bits per heavy atom. The summed E-state index contributed by atoms with van der Waals surface area (Å²) in [6.07, 6.45) is 5.16. The van der Waals surface area contributed by atoms with Crippen molar-refractivity contribution in [3.05, 3.63) is 30.1 Å². The Labute approximate surface area is 111 Å². The fraction of sp³-hybridized carbons (Fsp3) is 0.462. The minimum atomic E-state index is -0.852. The van der Waals surface area contributed by atoms with Crippen LogP contribution < -0.4 is 11.5 Å². The predicted molar refractivity (Wildman–Crippen MR) is 69.7 cm³/mol. The lowest BCUT2D eigenvalue weighted by Gasteiger charge is -2.27. The van der Waals surface area contributed by atoms with Gasteiger partial charge in [-0.3, -0.25) is 14.6 Å². The van der Waals surface area contributed by atoms with Crippen LogP contribution >= 0.6 is 0 Å². The van der Waals surface area contributed by atoms with Crippen LogP contribution in [0.2, 0.25) is 0 Å². The molecule has 1 aromatic heterocycles. The average Bonchev–Trinajstić information content (AvgIpc) is 2.87. The highest BCUT2D eigenvalue weighted by Crippen LogP contribution is 2.31. The van der Waals surface area contributed by atoms with Gasteiger partial charge in [0.25, 0.3) is 0 Å². The standard InChI is InChI=1S/C13H18N4O2/c14-10(7-12(15)18)13(19)17-6-2-4-11(17)9-3-1-5-16-8-9/h1,3,5,8,10-11H,2,4,6-7,14H2,(H2,15,18). The van der Waals surface area contributed by atoms with Gasteiger partial charge < -0.3 is 16.4 Å². The third-order valence-corrected chi connectivity index (χ3v) is 3.34. The summed E-state index contributed by atoms with van der Waals surface area (Å²) in [6.45, 7) is 0.658. The largest absolute Gasteiger partial charge is 0.370 e. The third-order valence-electron chi connectivity index (χ3n) is 3.34. The molecule has 1 saturated heterocycles. The summed E-state index contributed by atoms with van der Waals surface area (Å²) in [5.41, 5.74) is 11.8. The highest BCUT2D eigenvalue weighted by atomic mass is 16.2. The van der Waals surface area contributed by atoms with Crippen LogP contribution in [-0.2, 0) is 9.59 Å². The van der Waals surface area contributed by atoms with Crippen molar-refractivity contribution in [1.82, 2.24) is 9.88 Å². The molecular weight excluding hydrogens is 244 g/mol. The first-order valence-electron chi connectivity index (χ1n) is 6.34. The quantitative estimate of drug-likeness (QED) is 0.794. The van der Waals surface area contributed by atoms with Crippen molar-refractivity contribution >= 4 is 11.8 Å². The molecule has 2 atom stereocenters. The highest BCUT2D eigenvalue weighted by Gasteiger charge is 2.33. The summed E-state index contributed by atoms with van der Waals surface area (Å²) in [5.74, 6) is -0.775. The van der Waals surface area contributed by atoms with Crippen LogP contribution in [0.1, 0.15) is 30.9 Å². The number of amides is 2. The summed E-state index contributed by atoms with van der Waals surface area (Å²) < 4.78 is 0. The Kier molecular flexibility index (Phi) is 4.11. The molecule has 6 nitrogen and oxygen atoms in total. The van der Waals surface area contributed by atoms with E-state index in [0.29, 0.717) is 6.54 Å². The SMILES string of the molecule is NC(=O)CC(N)C(=O)N1CCCC1c1cccnc1. The fourth-order valence-electron chi connectivity index (χ4n) is 2.47. The second-order valence-electron chi connectivity index (χ2n) is 4.75. The summed E-state index contributed by atoms with van der Waals surface area (Å²) in [6, 6.07) is 2.94. The molecule has 1 aliphatic rings. The topological polar surface area (TPSA) is 102 Å². The summed E-state index contributed by atoms with van der Waals surface area (Å²) in [7, 11) is 0. The second kappa shape index (κ2) is 5.79. The first kappa shape index (κ1) is 13.5. The molecule has 0 radical (unpaired) electrons. The van der Waals surface area contributed by atoms with Gasteiger partial charge in [-0.1, -0.05) is 6.07 Å². The smallest absolute Gasteiger partial charge is 0.240 e. The molecule has 1 aliphatic heterocycles. The third kappa shape index (κ3) is 3.08. The number of rotatable bonds is 4. The van der Waals surface area contributed by atoms with Crippen LogP contribution in [0, 0.1) is 0 Å². The van der Waals surface area contributed by atoms with E-state index in [1.54, 1.807) is 17.3 Å². The summed E-state index contributed by atoms with van der Waals surface area (Å²) in [5, 5.41) is 0. The van der Waals surface area contributed by atoms with Crippen LogP contribution in [0.4, 0.5) is 0 Å². The maximum absolute atomic E-state index is 12.2. The molecule has 2 unspecified atom stereocenters. The lowest BCUT2D eigenvalue weighted by Crippen LogP contribution is -2.45. The molecule has 0 spiro atoms. The van der Waals surface area contributed by atoms with E-state index in [-0.39, 0.29) is 18.4 Å². The van der Waals surface area contributed by atoms with Crippen LogP contribution in [0.3, 0.4) is 0 Å². The van der Waals surface area contributed by atoms with Gasteiger partial charge in [-0.15, -0.1) is 0 Å². The van der Waals surface area contributed by atoms with E-state index in [4.69, 9.17) is 11.5 Å². The van der Waals surface area contributed by atoms with E-state index in [0.717, 1.165) is 18.4 Å². The molecule has 1 aromatic rings. The number of likely N-dealkylation sites (tertiary alicyclic amines) is 1. The van der Waals surface area contributed by atoms with Gasteiger partial charge in [0.05, 0.1) is 18.5 Å². The maximum Gasteiger partial charge on any atom is 0.240 e. The monoisotopic (exact) mass is 262 g/mol. The molecule has 19 heavy (non-hydrogen) atoms. The van der Waals surface area contributed by atoms with E-state index in [1.807, 2.05) is 12.1 Å². The van der Waals surface area contributed by atoms with Crippen LogP contribution in [-0.4, -0.2) is 34.3 Å². The number of aromatic nitrogens is 1. The van der Waals surface area contributed by atoms with E-state index >= 15 is 0 Å². The number of hydrogen-bond acceptors (Lipinski definition) is 4. The normalized spacial score (nSPS) is 20.3. The first-order chi connectivity index (χ1) is 9.09. The molecule has 102 valence electrons. The first-order valence-corrected chi connectivity index (χ1v) is 6.34. The Hall–Kier alpha value is -1.95. The number of nitrogens with two attached hydrogens (primary N) is 2. The highest BCUT2D eigenvalue weighted by molar-refractivity contribution is 5.88. The lowest BCUT2D eigenvalue weighted by atomic mass is 10.1. The van der Waals surface area contributed by atoms with Crippen molar-refractivity contribution in [2.75, 3.05) is 6.54 Å². The van der Waals surface area contributed by atoms with E-state index < -0.39 is 11.9 Å². The average molecular weight is 262 g/mol. The molecule has 2 rings (SSSR count). The number of primary amides is 1. The predicted octanol–water partition coefficient (Wildman–Crippen LogP) is -0.0522. The van der Waals surface area contributed by atoms with Crippen molar-refractivity contribution in [1.29, 1.82) is 0 Å². The van der Waals surface area contributed by atoms with Crippen molar-refractivity contribution in [3.8, 4) is 0 Å². The maximum atomic E-state index is 12.2. The number of carbonyl (C=O) groups is 2. The van der Waals surface area contributed by atoms with Crippen LogP contribution in [0.15, 0.2) is 24.5 Å². The zero-order valence-corrected chi connectivity index (χ0v) is 10.7. The van der Waals surface area contributed by atoms with Gasteiger partial charge in [0.1, 0.15) is 0 Å². The van der Waals surface area contributed by atoms with Gasteiger partial charge in [-0.2, -0.15) is 0 Å². The Morgan fingerprint density at radius 1 is 1.53 bits per heavy atom. The van der Waals surface area contributed by atoms with Crippen molar-refractivity contribution in [2.45, 2.75) is 31.3 Å². The number of hydrogen-bond donors (Lipinski definition) is 2. The van der Waals surface area contributed by atoms with Crippen LogP contribution in [0.5, 0.6) is 0 Å². The Bertz CT molecular complexity index is 463. The Balaban J connectivity index is 2.11. The molecule has 2 amide bonds. The second-order valence-corrected chi connectivity index (χ2v) is 4.75. The Morgan fingerprint density at radius 3 is 2.95 bits per heavy atom. The molecule has 0 bridgehead atoms. The van der Waals surface area contributed by atoms with Crippen molar-refractivity contribution in [2.24, 2.45) is 11.5 Å². The number of pyridine rings is 1. The van der Waals surface area contributed by atoms with Gasteiger partial charge in [0, 0.05) is 18.9 Å². The van der Waals surface area contributed by atoms with Gasteiger partial charge in [0.2, 0.25) is 11.8 Å². The van der Waals surface area contributed by atoms with Gasteiger partial charge >= 0.3 is 0 Å².